The molecule has 0 radical (unpaired) electrons. The van der Waals surface area contributed by atoms with Gasteiger partial charge in [-0.1, -0.05) is 36.2 Å². The lowest BCUT2D eigenvalue weighted by molar-refractivity contribution is 0.373. The fraction of sp³-hybridized carbons (Fsp3) is 1.00. The number of rotatable bonds is 9. The maximum atomic E-state index is 12.0. The Kier molecular flexibility index (Phi) is 8.63. The molecule has 16 heavy (non-hydrogen) atoms. The van der Waals surface area contributed by atoms with E-state index in [-0.39, 0.29) is 0 Å². The van der Waals surface area contributed by atoms with Gasteiger partial charge in [0.25, 0.3) is 10.2 Å². The van der Waals surface area contributed by atoms with Gasteiger partial charge >= 0.3 is 0 Å². The van der Waals surface area contributed by atoms with Crippen LogP contribution in [0.15, 0.2) is 0 Å². The lowest BCUT2D eigenvalue weighted by Gasteiger charge is -2.25. The summed E-state index contributed by atoms with van der Waals surface area (Å²) in [4.78, 5) is 0. The quantitative estimate of drug-likeness (QED) is 0.483. The van der Waals surface area contributed by atoms with Crippen LogP contribution in [0.3, 0.4) is 0 Å². The Labute approximate surface area is 108 Å². The number of alkyl halides is 1. The van der Waals surface area contributed by atoms with Crippen molar-refractivity contribution in [1.82, 2.24) is 8.61 Å². The summed E-state index contributed by atoms with van der Waals surface area (Å²) in [5, 5.41) is 0.986. The van der Waals surface area contributed by atoms with Crippen molar-refractivity contribution >= 4 is 26.1 Å². The fourth-order valence-electron chi connectivity index (χ4n) is 1.47. The zero-order chi connectivity index (χ0) is 12.6. The Balaban J connectivity index is 4.19. The van der Waals surface area contributed by atoms with Crippen molar-refractivity contribution in [2.24, 2.45) is 0 Å². The van der Waals surface area contributed by atoms with Gasteiger partial charge in [-0.05, 0) is 12.8 Å². The molecule has 0 aromatic heterocycles. The van der Waals surface area contributed by atoms with Gasteiger partial charge in [-0.3, -0.25) is 0 Å². The Hall–Kier alpha value is 0.350. The second-order valence-electron chi connectivity index (χ2n) is 3.66. The van der Waals surface area contributed by atoms with Gasteiger partial charge in [0.15, 0.2) is 0 Å². The Morgan fingerprint density at radius 3 is 2.06 bits per heavy atom. The van der Waals surface area contributed by atoms with Crippen LogP contribution < -0.4 is 0 Å². The molecule has 4 nitrogen and oxygen atoms in total. The van der Waals surface area contributed by atoms with Crippen LogP contribution in [0.1, 0.15) is 33.1 Å². The summed E-state index contributed by atoms with van der Waals surface area (Å²) < 4.78 is 26.9. The molecule has 0 N–H and O–H groups in total. The van der Waals surface area contributed by atoms with Crippen molar-refractivity contribution in [3.63, 3.8) is 0 Å². The fourth-order valence-corrected chi connectivity index (χ4v) is 3.27. The minimum Gasteiger partial charge on any atom is -0.195 e. The number of hydrogen-bond acceptors (Lipinski definition) is 2. The molecule has 98 valence electrons. The number of halogens is 1. The van der Waals surface area contributed by atoms with E-state index in [1.807, 2.05) is 13.8 Å². The van der Waals surface area contributed by atoms with E-state index in [4.69, 9.17) is 0 Å². The normalized spacial score (nSPS) is 12.6. The first-order valence-corrected chi connectivity index (χ1v) is 8.29. The molecule has 0 amide bonds. The average molecular weight is 315 g/mol. The van der Waals surface area contributed by atoms with E-state index in [2.05, 4.69) is 15.9 Å². The molecule has 0 aromatic rings. The van der Waals surface area contributed by atoms with Gasteiger partial charge in [0.1, 0.15) is 0 Å². The van der Waals surface area contributed by atoms with Crippen LogP contribution in [-0.4, -0.2) is 49.0 Å². The van der Waals surface area contributed by atoms with E-state index in [9.17, 15) is 8.42 Å². The van der Waals surface area contributed by atoms with E-state index in [1.165, 1.54) is 8.61 Å². The van der Waals surface area contributed by atoms with Crippen LogP contribution in [0.25, 0.3) is 0 Å². The van der Waals surface area contributed by atoms with Crippen molar-refractivity contribution in [3.05, 3.63) is 0 Å². The molecule has 0 saturated carbocycles. The smallest absolute Gasteiger partial charge is 0.195 e. The molecule has 0 aliphatic rings. The topological polar surface area (TPSA) is 40.6 Å². The van der Waals surface area contributed by atoms with Crippen molar-refractivity contribution in [2.45, 2.75) is 33.1 Å². The van der Waals surface area contributed by atoms with Gasteiger partial charge in [0, 0.05) is 32.0 Å². The van der Waals surface area contributed by atoms with Crippen LogP contribution in [0.2, 0.25) is 0 Å². The van der Waals surface area contributed by atoms with Gasteiger partial charge in [0.05, 0.1) is 0 Å². The summed E-state index contributed by atoms with van der Waals surface area (Å²) in [5.74, 6) is 0. The van der Waals surface area contributed by atoms with Gasteiger partial charge in [0.2, 0.25) is 0 Å². The third-order valence-electron chi connectivity index (χ3n) is 2.53. The first kappa shape index (κ1) is 16.4. The molecule has 0 fully saturated rings. The summed E-state index contributed by atoms with van der Waals surface area (Å²) in [6, 6.07) is 0. The highest BCUT2D eigenvalue weighted by Crippen LogP contribution is 2.08. The van der Waals surface area contributed by atoms with E-state index < -0.39 is 10.2 Å². The lowest BCUT2D eigenvalue weighted by Crippen LogP contribution is -2.42. The Morgan fingerprint density at radius 2 is 1.62 bits per heavy atom. The molecule has 0 unspecified atom stereocenters. The molecule has 0 aliphatic carbocycles. The number of hydrogen-bond donors (Lipinski definition) is 0. The summed E-state index contributed by atoms with van der Waals surface area (Å²) in [6.07, 6.45) is 3.07. The van der Waals surface area contributed by atoms with Gasteiger partial charge in [-0.25, -0.2) is 0 Å². The molecule has 0 atom stereocenters. The lowest BCUT2D eigenvalue weighted by atomic mass is 10.2. The third-order valence-corrected chi connectivity index (χ3v) is 5.23. The zero-order valence-electron chi connectivity index (χ0n) is 10.4. The molecule has 0 aliphatic heterocycles. The van der Waals surface area contributed by atoms with Gasteiger partial charge in [-0.2, -0.15) is 17.0 Å². The highest BCUT2D eigenvalue weighted by molar-refractivity contribution is 9.09. The van der Waals surface area contributed by atoms with Crippen LogP contribution in [0.4, 0.5) is 0 Å². The zero-order valence-corrected chi connectivity index (χ0v) is 12.8. The molecule has 0 rings (SSSR count). The molecule has 0 bridgehead atoms. The van der Waals surface area contributed by atoms with Crippen LogP contribution in [-0.2, 0) is 10.2 Å². The number of nitrogens with zero attached hydrogens (tertiary/aromatic N) is 2. The van der Waals surface area contributed by atoms with Gasteiger partial charge in [-0.15, -0.1) is 0 Å². The molecular weight excluding hydrogens is 292 g/mol. The minimum absolute atomic E-state index is 0.532. The first-order valence-electron chi connectivity index (χ1n) is 5.78. The third kappa shape index (κ3) is 5.12. The summed E-state index contributed by atoms with van der Waals surface area (Å²) in [6.45, 7) is 5.39. The predicted octanol–water partition coefficient (Wildman–Crippen LogP) is 2.07. The van der Waals surface area contributed by atoms with E-state index in [1.54, 1.807) is 7.05 Å². The maximum Gasteiger partial charge on any atom is 0.281 e. The maximum absolute atomic E-state index is 12.0. The monoisotopic (exact) mass is 314 g/mol. The molecule has 0 spiro atoms. The van der Waals surface area contributed by atoms with Crippen molar-refractivity contribution < 1.29 is 8.42 Å². The highest BCUT2D eigenvalue weighted by Gasteiger charge is 2.23. The average Bonchev–Trinajstić information content (AvgIpc) is 2.25. The van der Waals surface area contributed by atoms with Crippen LogP contribution in [0, 0.1) is 0 Å². The Morgan fingerprint density at radius 1 is 1.06 bits per heavy atom. The highest BCUT2D eigenvalue weighted by atomic mass is 79.9. The standard InChI is InChI=1S/C10H23BrN2O2S/c1-4-13(5-2)16(14,15)12(3)10-8-6-7-9-11/h4-10H2,1-3H3. The first-order chi connectivity index (χ1) is 7.50. The van der Waals surface area contributed by atoms with Crippen LogP contribution >= 0.6 is 15.9 Å². The van der Waals surface area contributed by atoms with E-state index in [0.29, 0.717) is 19.6 Å². The molecular formula is C10H23BrN2O2S. The van der Waals surface area contributed by atoms with Crippen molar-refractivity contribution in [3.8, 4) is 0 Å². The van der Waals surface area contributed by atoms with E-state index >= 15 is 0 Å². The summed E-state index contributed by atoms with van der Waals surface area (Å²) >= 11 is 3.36. The largest absolute Gasteiger partial charge is 0.281 e. The van der Waals surface area contributed by atoms with Crippen molar-refractivity contribution in [2.75, 3.05) is 32.0 Å². The number of unbranched alkanes of at least 4 members (excludes halogenated alkanes) is 2. The minimum atomic E-state index is -3.23. The molecule has 0 heterocycles. The molecule has 6 heteroatoms. The van der Waals surface area contributed by atoms with Gasteiger partial charge < -0.3 is 0 Å². The summed E-state index contributed by atoms with van der Waals surface area (Å²) in [5.41, 5.74) is 0. The van der Waals surface area contributed by atoms with Crippen molar-refractivity contribution in [1.29, 1.82) is 0 Å². The molecule has 0 aromatic carbocycles. The molecule has 0 saturated heterocycles. The SMILES string of the molecule is CCN(CC)S(=O)(=O)N(C)CCCCCBr. The second kappa shape index (κ2) is 8.44. The van der Waals surface area contributed by atoms with E-state index in [0.717, 1.165) is 24.6 Å². The summed E-state index contributed by atoms with van der Waals surface area (Å²) in [7, 11) is -1.58. The van der Waals surface area contributed by atoms with Crippen LogP contribution in [0.5, 0.6) is 0 Å². The Bertz CT molecular complexity index is 266. The predicted molar refractivity (Wildman–Crippen MR) is 72.1 cm³/mol. The second-order valence-corrected chi connectivity index (χ2v) is 6.49.